The number of anilines is 1. The van der Waals surface area contributed by atoms with Crippen LogP contribution in [0.5, 0.6) is 0 Å². The number of hydrogen-bond donors (Lipinski definition) is 1. The lowest BCUT2D eigenvalue weighted by atomic mass is 9.76. The highest BCUT2D eigenvalue weighted by molar-refractivity contribution is 6.10. The highest BCUT2D eigenvalue weighted by atomic mass is 19.4. The Labute approximate surface area is 257 Å². The van der Waals surface area contributed by atoms with Crippen molar-refractivity contribution in [2.45, 2.75) is 64.2 Å². The van der Waals surface area contributed by atoms with Gasteiger partial charge in [-0.15, -0.1) is 10.2 Å². The first kappa shape index (κ1) is 32.9. The van der Waals surface area contributed by atoms with Crippen molar-refractivity contribution in [2.75, 3.05) is 25.0 Å². The smallest absolute Gasteiger partial charge is 0.356 e. The van der Waals surface area contributed by atoms with E-state index < -0.39 is 11.7 Å². The molecule has 0 atom stereocenters. The number of alkyl halides is 3. The summed E-state index contributed by atoms with van der Waals surface area (Å²) in [5.74, 6) is 2.22. The van der Waals surface area contributed by atoms with Gasteiger partial charge in [-0.3, -0.25) is 14.5 Å². The van der Waals surface area contributed by atoms with Crippen LogP contribution in [0.2, 0.25) is 0 Å². The number of likely N-dealkylation sites (tertiary alicyclic amines) is 1. The number of nitrogens with one attached hydrogen (secondary N) is 1. The number of rotatable bonds is 5. The minimum absolute atomic E-state index is 0.0446. The lowest BCUT2D eigenvalue weighted by Crippen LogP contribution is -2.29. The van der Waals surface area contributed by atoms with Gasteiger partial charge in [0.1, 0.15) is 12.2 Å². The number of nitrogens with zero attached hydrogens (tertiary/aromatic N) is 5. The predicted molar refractivity (Wildman–Crippen MR) is 164 cm³/mol. The number of likely N-dealkylation sites (N-methyl/N-ethyl adjacent to an activating group) is 1. The van der Waals surface area contributed by atoms with Gasteiger partial charge in [-0.25, -0.2) is 0 Å². The van der Waals surface area contributed by atoms with Crippen molar-refractivity contribution < 1.29 is 22.8 Å². The van der Waals surface area contributed by atoms with E-state index in [0.29, 0.717) is 23.7 Å². The van der Waals surface area contributed by atoms with Gasteiger partial charge in [-0.05, 0) is 86.2 Å². The molecule has 2 aromatic carbocycles. The molecule has 11 heteroatoms. The van der Waals surface area contributed by atoms with Crippen molar-refractivity contribution >= 4 is 17.5 Å². The molecule has 0 spiro atoms. The minimum atomic E-state index is -4.48. The summed E-state index contributed by atoms with van der Waals surface area (Å²) in [5.41, 5.74) is 0.758. The van der Waals surface area contributed by atoms with Crippen LogP contribution in [-0.2, 0) is 31.1 Å². The first-order valence-electron chi connectivity index (χ1n) is 15.0. The zero-order valence-corrected chi connectivity index (χ0v) is 25.6. The third kappa shape index (κ3) is 8.13. The third-order valence-electron chi connectivity index (χ3n) is 8.25. The van der Waals surface area contributed by atoms with Crippen molar-refractivity contribution in [1.82, 2.24) is 25.0 Å². The van der Waals surface area contributed by atoms with E-state index in [4.69, 9.17) is 0 Å². The first-order chi connectivity index (χ1) is 21.0. The number of carbonyl (C=O) groups excluding carboxylic acids is 2. The second kappa shape index (κ2) is 14.7. The first-order valence-corrected chi connectivity index (χ1v) is 15.0. The molecule has 3 aliphatic rings. The molecule has 1 saturated carbocycles. The monoisotopic (exact) mass is 610 g/mol. The number of fused-ring (bicyclic) bond motifs is 1. The van der Waals surface area contributed by atoms with Gasteiger partial charge in [-0.2, -0.15) is 13.2 Å². The van der Waals surface area contributed by atoms with Gasteiger partial charge >= 0.3 is 6.18 Å². The zero-order valence-electron chi connectivity index (χ0n) is 25.6. The van der Waals surface area contributed by atoms with Gasteiger partial charge in [0.15, 0.2) is 0 Å². The van der Waals surface area contributed by atoms with Crippen molar-refractivity contribution in [3.05, 3.63) is 89.5 Å². The number of halogens is 3. The SMILES string of the molecule is C=CC(=O)NC.CC1CC(c2nncn2C)C1.O=C1c2cc(CN3CCCCC3)cc(C(F)(F)F)c2CN1c1ccccc1. The Bertz CT molecular complexity index is 1430. The molecule has 0 unspecified atom stereocenters. The Balaban J connectivity index is 0.000000212. The van der Waals surface area contributed by atoms with E-state index >= 15 is 0 Å². The Hall–Kier alpha value is -3.99. The highest BCUT2D eigenvalue weighted by Crippen LogP contribution is 2.40. The predicted octanol–water partition coefficient (Wildman–Crippen LogP) is 6.10. The van der Waals surface area contributed by atoms with Crippen LogP contribution in [0.3, 0.4) is 0 Å². The summed E-state index contributed by atoms with van der Waals surface area (Å²) in [7, 11) is 3.57. The van der Waals surface area contributed by atoms with Crippen LogP contribution in [0.4, 0.5) is 18.9 Å². The Kier molecular flexibility index (Phi) is 11.0. The van der Waals surface area contributed by atoms with E-state index in [2.05, 4.69) is 33.9 Å². The van der Waals surface area contributed by atoms with E-state index in [9.17, 15) is 22.8 Å². The van der Waals surface area contributed by atoms with Gasteiger partial charge in [0.2, 0.25) is 5.91 Å². The quantitative estimate of drug-likeness (QED) is 0.353. The average molecular weight is 611 g/mol. The molecule has 3 aromatic rings. The molecular formula is C33H41F3N6O2. The molecule has 2 aliphatic heterocycles. The molecule has 8 nitrogen and oxygen atoms in total. The van der Waals surface area contributed by atoms with E-state index in [-0.39, 0.29) is 29.5 Å². The lowest BCUT2D eigenvalue weighted by molar-refractivity contribution is -0.138. The summed E-state index contributed by atoms with van der Waals surface area (Å²) in [4.78, 5) is 26.4. The normalized spacial score (nSPS) is 19.5. The summed E-state index contributed by atoms with van der Waals surface area (Å²) in [6, 6.07) is 11.7. The summed E-state index contributed by atoms with van der Waals surface area (Å²) in [6.45, 7) is 7.70. The summed E-state index contributed by atoms with van der Waals surface area (Å²) >= 11 is 0. The van der Waals surface area contributed by atoms with E-state index in [1.165, 1.54) is 36.3 Å². The Morgan fingerprint density at radius 2 is 1.80 bits per heavy atom. The van der Waals surface area contributed by atoms with Gasteiger partial charge < -0.3 is 14.8 Å². The minimum Gasteiger partial charge on any atom is -0.356 e. The standard InChI is InChI=1S/C21H21F3N2O.C8H13N3.C4H7NO/c22-21(23,24)19-12-15(13-25-9-5-2-6-10-25)11-17-18(19)14-26(20(17)27)16-7-3-1-4-8-16;1-6-3-7(4-6)8-10-9-5-11(8)2;1-3-4(6)5-2/h1,3-4,7-8,11-12H,2,5-6,9-10,13-14H2;5-7H,3-4H2,1-2H3;3H,1H2,2H3,(H,5,6). The fraction of sp³-hybridized carbons (Fsp3) is 0.455. The van der Waals surface area contributed by atoms with Crippen LogP contribution in [0, 0.1) is 5.92 Å². The number of amides is 2. The van der Waals surface area contributed by atoms with Crippen molar-refractivity contribution in [3.8, 4) is 0 Å². The Morgan fingerprint density at radius 3 is 2.32 bits per heavy atom. The maximum Gasteiger partial charge on any atom is 0.416 e. The van der Waals surface area contributed by atoms with Crippen molar-refractivity contribution in [1.29, 1.82) is 0 Å². The number of piperidine rings is 1. The number of hydrogen-bond acceptors (Lipinski definition) is 5. The van der Waals surface area contributed by atoms with E-state index in [1.807, 2.05) is 17.7 Å². The number of para-hydroxylation sites is 1. The molecular weight excluding hydrogens is 569 g/mol. The molecule has 1 aliphatic carbocycles. The largest absolute Gasteiger partial charge is 0.416 e. The van der Waals surface area contributed by atoms with Gasteiger partial charge in [0.05, 0.1) is 12.1 Å². The van der Waals surface area contributed by atoms with Crippen LogP contribution in [0.15, 0.2) is 61.4 Å². The van der Waals surface area contributed by atoms with Crippen LogP contribution >= 0.6 is 0 Å². The summed E-state index contributed by atoms with van der Waals surface area (Å²) in [6.07, 6.45) is 4.39. The van der Waals surface area contributed by atoms with Gasteiger partial charge in [-0.1, -0.05) is 38.1 Å². The van der Waals surface area contributed by atoms with Gasteiger partial charge in [0, 0.05) is 37.8 Å². The molecule has 236 valence electrons. The number of benzene rings is 2. The van der Waals surface area contributed by atoms with Crippen molar-refractivity contribution in [3.63, 3.8) is 0 Å². The maximum absolute atomic E-state index is 13.7. The molecule has 3 heterocycles. The summed E-state index contributed by atoms with van der Waals surface area (Å²) in [5, 5.41) is 10.3. The molecule has 0 bridgehead atoms. The molecule has 0 radical (unpaired) electrons. The lowest BCUT2D eigenvalue weighted by Gasteiger charge is -2.31. The Morgan fingerprint density at radius 1 is 1.11 bits per heavy atom. The number of aryl methyl sites for hydroxylation is 1. The molecule has 2 amide bonds. The second-order valence-corrected chi connectivity index (χ2v) is 11.6. The van der Waals surface area contributed by atoms with Crippen LogP contribution in [-0.4, -0.2) is 51.6 Å². The second-order valence-electron chi connectivity index (χ2n) is 11.6. The van der Waals surface area contributed by atoms with Crippen LogP contribution < -0.4 is 10.2 Å². The van der Waals surface area contributed by atoms with E-state index in [0.717, 1.165) is 37.7 Å². The van der Waals surface area contributed by atoms with Crippen LogP contribution in [0.25, 0.3) is 0 Å². The number of aromatic nitrogens is 3. The van der Waals surface area contributed by atoms with Gasteiger partial charge in [0.25, 0.3) is 5.91 Å². The fourth-order valence-corrected chi connectivity index (χ4v) is 5.88. The molecule has 1 aromatic heterocycles. The maximum atomic E-state index is 13.7. The molecule has 1 N–H and O–H groups in total. The van der Waals surface area contributed by atoms with E-state index in [1.54, 1.807) is 43.7 Å². The number of carbonyl (C=O) groups is 2. The van der Waals surface area contributed by atoms with Crippen LogP contribution in [0.1, 0.15) is 77.8 Å². The molecule has 6 rings (SSSR count). The molecule has 2 fully saturated rings. The highest BCUT2D eigenvalue weighted by Gasteiger charge is 2.40. The zero-order chi connectivity index (χ0) is 31.9. The topological polar surface area (TPSA) is 83.4 Å². The van der Waals surface area contributed by atoms with Crippen molar-refractivity contribution in [2.24, 2.45) is 13.0 Å². The third-order valence-corrected chi connectivity index (χ3v) is 8.25. The summed E-state index contributed by atoms with van der Waals surface area (Å²) < 4.78 is 43.2. The fourth-order valence-electron chi connectivity index (χ4n) is 5.88. The average Bonchev–Trinajstić information content (AvgIpc) is 3.58. The molecule has 44 heavy (non-hydrogen) atoms. The molecule has 1 saturated heterocycles.